The fourth-order valence-corrected chi connectivity index (χ4v) is 2.80. The van der Waals surface area contributed by atoms with E-state index >= 15 is 0 Å². The van der Waals surface area contributed by atoms with Gasteiger partial charge in [-0.2, -0.15) is 9.78 Å². The molecule has 2 aromatic carbocycles. The molecule has 0 aliphatic carbocycles. The molecule has 8 heteroatoms. The minimum absolute atomic E-state index is 0.287. The lowest BCUT2D eigenvalue weighted by Gasteiger charge is -2.19. The highest BCUT2D eigenvalue weighted by Crippen LogP contribution is 2.24. The molecule has 0 fully saturated rings. The standard InChI is InChI=1S/C23H23N3O5/c1-15(27)30-19-10-6-8-17(14-19)21(28)25-18-9-5-7-16(13-18)20-11-12-24-26(20)22(29)31-23(2,3)4/h5-14H,1-4H3,(H,25,28). The molecule has 1 aromatic heterocycles. The van der Waals surface area contributed by atoms with Gasteiger partial charge in [-0.05, 0) is 57.2 Å². The SMILES string of the molecule is CC(=O)Oc1cccc(C(=O)Nc2cccc(-c3ccnn3C(=O)OC(C)(C)C)c2)c1. The summed E-state index contributed by atoms with van der Waals surface area (Å²) < 4.78 is 11.6. The average Bonchev–Trinajstić information content (AvgIpc) is 3.17. The van der Waals surface area contributed by atoms with Crippen molar-refractivity contribution in [3.63, 3.8) is 0 Å². The van der Waals surface area contributed by atoms with Crippen LogP contribution in [-0.2, 0) is 9.53 Å². The van der Waals surface area contributed by atoms with Gasteiger partial charge >= 0.3 is 12.1 Å². The number of aromatic nitrogens is 2. The van der Waals surface area contributed by atoms with Gasteiger partial charge in [0.25, 0.3) is 5.91 Å². The summed E-state index contributed by atoms with van der Waals surface area (Å²) in [7, 11) is 0. The van der Waals surface area contributed by atoms with Gasteiger partial charge in [0.15, 0.2) is 0 Å². The third-order valence-corrected chi connectivity index (χ3v) is 3.98. The molecular formula is C23H23N3O5. The maximum Gasteiger partial charge on any atom is 0.435 e. The van der Waals surface area contributed by atoms with Gasteiger partial charge in [-0.3, -0.25) is 9.59 Å². The van der Waals surface area contributed by atoms with Gasteiger partial charge < -0.3 is 14.8 Å². The largest absolute Gasteiger partial charge is 0.442 e. The highest BCUT2D eigenvalue weighted by atomic mass is 16.6. The van der Waals surface area contributed by atoms with E-state index in [0.29, 0.717) is 22.5 Å². The van der Waals surface area contributed by atoms with Gasteiger partial charge in [0.2, 0.25) is 0 Å². The summed E-state index contributed by atoms with van der Waals surface area (Å²) >= 11 is 0. The van der Waals surface area contributed by atoms with E-state index in [2.05, 4.69) is 10.4 Å². The summed E-state index contributed by atoms with van der Waals surface area (Å²) in [5.74, 6) is -0.547. The number of esters is 1. The first-order chi connectivity index (χ1) is 14.6. The fraction of sp³-hybridized carbons (Fsp3) is 0.217. The Morgan fingerprint density at radius 3 is 2.45 bits per heavy atom. The summed E-state index contributed by atoms with van der Waals surface area (Å²) in [4.78, 5) is 36.2. The first kappa shape index (κ1) is 21.8. The number of benzene rings is 2. The van der Waals surface area contributed by atoms with E-state index < -0.39 is 17.7 Å². The van der Waals surface area contributed by atoms with Crippen molar-refractivity contribution in [3.05, 3.63) is 66.4 Å². The zero-order chi connectivity index (χ0) is 22.6. The number of nitrogens with zero attached hydrogens (tertiary/aromatic N) is 2. The minimum atomic E-state index is -0.656. The second kappa shape index (κ2) is 8.83. The molecule has 160 valence electrons. The van der Waals surface area contributed by atoms with Gasteiger partial charge in [-0.15, -0.1) is 0 Å². The highest BCUT2D eigenvalue weighted by Gasteiger charge is 2.21. The first-order valence-electron chi connectivity index (χ1n) is 9.60. The van der Waals surface area contributed by atoms with Crippen molar-refractivity contribution < 1.29 is 23.9 Å². The maximum absolute atomic E-state index is 12.6. The van der Waals surface area contributed by atoms with E-state index in [9.17, 15) is 14.4 Å². The first-order valence-corrected chi connectivity index (χ1v) is 9.60. The predicted molar refractivity (Wildman–Crippen MR) is 115 cm³/mol. The molecule has 0 spiro atoms. The van der Waals surface area contributed by atoms with Crippen molar-refractivity contribution in [2.75, 3.05) is 5.32 Å². The van der Waals surface area contributed by atoms with E-state index in [1.165, 1.54) is 23.9 Å². The van der Waals surface area contributed by atoms with Crippen LogP contribution in [0.1, 0.15) is 38.1 Å². The molecule has 3 rings (SSSR count). The monoisotopic (exact) mass is 421 g/mol. The quantitative estimate of drug-likeness (QED) is 0.491. The second-order valence-electron chi connectivity index (χ2n) is 7.76. The average molecular weight is 421 g/mol. The Kier molecular flexibility index (Phi) is 6.20. The molecule has 1 N–H and O–H groups in total. The summed E-state index contributed by atoms with van der Waals surface area (Å²) in [5, 5.41) is 6.86. The van der Waals surface area contributed by atoms with Crippen LogP contribution in [0.25, 0.3) is 11.3 Å². The molecule has 1 heterocycles. The van der Waals surface area contributed by atoms with Crippen molar-refractivity contribution in [1.29, 1.82) is 0 Å². The Labute approximate surface area is 179 Å². The van der Waals surface area contributed by atoms with E-state index in [1.54, 1.807) is 69.3 Å². The number of ether oxygens (including phenoxy) is 2. The normalized spacial score (nSPS) is 11.0. The summed E-state index contributed by atoms with van der Waals surface area (Å²) in [5.41, 5.74) is 1.41. The van der Waals surface area contributed by atoms with Crippen molar-refractivity contribution >= 4 is 23.7 Å². The number of anilines is 1. The fourth-order valence-electron chi connectivity index (χ4n) is 2.80. The van der Waals surface area contributed by atoms with Crippen molar-refractivity contribution in [1.82, 2.24) is 9.78 Å². The molecule has 0 aliphatic heterocycles. The Morgan fingerprint density at radius 2 is 1.74 bits per heavy atom. The van der Waals surface area contributed by atoms with E-state index in [-0.39, 0.29) is 11.7 Å². The van der Waals surface area contributed by atoms with E-state index in [0.717, 1.165) is 0 Å². The van der Waals surface area contributed by atoms with Crippen LogP contribution in [0.15, 0.2) is 60.8 Å². The van der Waals surface area contributed by atoms with Crippen LogP contribution in [0.5, 0.6) is 5.75 Å². The summed E-state index contributed by atoms with van der Waals surface area (Å²) in [6.45, 7) is 6.63. The zero-order valence-electron chi connectivity index (χ0n) is 17.7. The number of nitrogens with one attached hydrogen (secondary N) is 1. The van der Waals surface area contributed by atoms with Crippen LogP contribution < -0.4 is 10.1 Å². The molecular weight excluding hydrogens is 398 g/mol. The van der Waals surface area contributed by atoms with E-state index in [4.69, 9.17) is 9.47 Å². The Hall–Kier alpha value is -3.94. The van der Waals surface area contributed by atoms with Crippen LogP contribution in [0, 0.1) is 0 Å². The van der Waals surface area contributed by atoms with Crippen LogP contribution >= 0.6 is 0 Å². The zero-order valence-corrected chi connectivity index (χ0v) is 17.7. The van der Waals surface area contributed by atoms with Crippen molar-refractivity contribution in [2.45, 2.75) is 33.3 Å². The predicted octanol–water partition coefficient (Wildman–Crippen LogP) is 4.51. The molecule has 0 saturated heterocycles. The molecule has 0 unspecified atom stereocenters. The number of rotatable bonds is 4. The second-order valence-corrected chi connectivity index (χ2v) is 7.76. The van der Waals surface area contributed by atoms with Gasteiger partial charge in [-0.25, -0.2) is 4.79 Å². The van der Waals surface area contributed by atoms with Gasteiger partial charge in [0, 0.05) is 23.7 Å². The lowest BCUT2D eigenvalue weighted by atomic mass is 10.1. The van der Waals surface area contributed by atoms with Gasteiger partial charge in [0.05, 0.1) is 11.9 Å². The van der Waals surface area contributed by atoms with Crippen LogP contribution in [0.3, 0.4) is 0 Å². The number of carbonyl (C=O) groups is 3. The molecule has 1 amide bonds. The topological polar surface area (TPSA) is 99.5 Å². The molecule has 0 aliphatic rings. The number of hydrogen-bond donors (Lipinski definition) is 1. The lowest BCUT2D eigenvalue weighted by Crippen LogP contribution is -2.28. The Balaban J connectivity index is 1.81. The molecule has 31 heavy (non-hydrogen) atoms. The van der Waals surface area contributed by atoms with Crippen molar-refractivity contribution in [2.24, 2.45) is 0 Å². The number of carbonyl (C=O) groups excluding carboxylic acids is 3. The Morgan fingerprint density at radius 1 is 1.00 bits per heavy atom. The molecule has 0 atom stereocenters. The third-order valence-electron chi connectivity index (χ3n) is 3.98. The number of hydrogen-bond acceptors (Lipinski definition) is 6. The van der Waals surface area contributed by atoms with Gasteiger partial charge in [0.1, 0.15) is 11.4 Å². The molecule has 0 saturated carbocycles. The maximum atomic E-state index is 12.6. The smallest absolute Gasteiger partial charge is 0.435 e. The lowest BCUT2D eigenvalue weighted by molar-refractivity contribution is -0.131. The van der Waals surface area contributed by atoms with Crippen LogP contribution in [0.2, 0.25) is 0 Å². The third kappa shape index (κ3) is 5.79. The Bertz CT molecular complexity index is 1130. The molecule has 0 radical (unpaired) electrons. The van der Waals surface area contributed by atoms with Gasteiger partial charge in [-0.1, -0.05) is 18.2 Å². The molecule has 3 aromatic rings. The molecule has 8 nitrogen and oxygen atoms in total. The number of amides is 1. The molecule has 0 bridgehead atoms. The van der Waals surface area contributed by atoms with E-state index in [1.807, 2.05) is 0 Å². The summed E-state index contributed by atoms with van der Waals surface area (Å²) in [6, 6.07) is 15.0. The van der Waals surface area contributed by atoms with Crippen molar-refractivity contribution in [3.8, 4) is 17.0 Å². The highest BCUT2D eigenvalue weighted by molar-refractivity contribution is 6.04. The van der Waals surface area contributed by atoms with Crippen LogP contribution in [0.4, 0.5) is 10.5 Å². The van der Waals surface area contributed by atoms with Crippen LogP contribution in [-0.4, -0.2) is 33.4 Å². The summed E-state index contributed by atoms with van der Waals surface area (Å²) in [6.07, 6.45) is 0.912. The minimum Gasteiger partial charge on any atom is -0.442 e.